The zero-order chi connectivity index (χ0) is 12.1. The first-order valence-electron chi connectivity index (χ1n) is 5.87. The molecular formula is C13H18N4. The van der Waals surface area contributed by atoms with E-state index in [2.05, 4.69) is 40.1 Å². The van der Waals surface area contributed by atoms with E-state index in [1.165, 1.54) is 5.69 Å². The van der Waals surface area contributed by atoms with Crippen LogP contribution in [0.1, 0.15) is 18.2 Å². The van der Waals surface area contributed by atoms with Crippen LogP contribution in [0.15, 0.2) is 36.7 Å². The second kappa shape index (κ2) is 5.50. The van der Waals surface area contributed by atoms with Gasteiger partial charge in [-0.2, -0.15) is 0 Å². The van der Waals surface area contributed by atoms with Crippen LogP contribution in [-0.2, 0) is 19.6 Å². The van der Waals surface area contributed by atoms with Crippen molar-refractivity contribution in [1.82, 2.24) is 9.55 Å². The standard InChI is InChI=1S/C13H18N4/c1-2-17-8-4-6-12(17)10-16-13-11(9-14)5-3-7-15-13/h3-8H,2,9-10,14H2,1H3,(H,15,16). The first-order chi connectivity index (χ1) is 8.35. The lowest BCUT2D eigenvalue weighted by atomic mass is 10.2. The van der Waals surface area contributed by atoms with Crippen LogP contribution in [0, 0.1) is 0 Å². The SMILES string of the molecule is CCn1cccc1CNc1ncccc1CN. The fourth-order valence-corrected chi connectivity index (χ4v) is 1.86. The molecule has 3 N–H and O–H groups in total. The van der Waals surface area contributed by atoms with Crippen LogP contribution in [0.5, 0.6) is 0 Å². The molecule has 90 valence electrons. The Morgan fingerprint density at radius 1 is 1.35 bits per heavy atom. The molecule has 0 unspecified atom stereocenters. The van der Waals surface area contributed by atoms with Gasteiger partial charge in [-0.3, -0.25) is 0 Å². The molecule has 0 spiro atoms. The third-order valence-electron chi connectivity index (χ3n) is 2.81. The minimum absolute atomic E-state index is 0.505. The van der Waals surface area contributed by atoms with E-state index in [1.807, 2.05) is 12.1 Å². The molecule has 4 heteroatoms. The summed E-state index contributed by atoms with van der Waals surface area (Å²) in [6, 6.07) is 8.07. The summed E-state index contributed by atoms with van der Waals surface area (Å²) < 4.78 is 2.21. The predicted octanol–water partition coefficient (Wildman–Crippen LogP) is 1.97. The van der Waals surface area contributed by atoms with E-state index >= 15 is 0 Å². The van der Waals surface area contributed by atoms with E-state index in [0.717, 1.165) is 24.5 Å². The van der Waals surface area contributed by atoms with Gasteiger partial charge in [0.2, 0.25) is 0 Å². The third kappa shape index (κ3) is 2.65. The minimum Gasteiger partial charge on any atom is -0.364 e. The molecule has 2 aromatic heterocycles. The lowest BCUT2D eigenvalue weighted by Crippen LogP contribution is -2.10. The van der Waals surface area contributed by atoms with Crippen molar-refractivity contribution >= 4 is 5.82 Å². The molecule has 0 bridgehead atoms. The Hall–Kier alpha value is -1.81. The van der Waals surface area contributed by atoms with Gasteiger partial charge in [-0.05, 0) is 25.1 Å². The Morgan fingerprint density at radius 2 is 2.24 bits per heavy atom. The second-order valence-electron chi connectivity index (χ2n) is 3.85. The van der Waals surface area contributed by atoms with Crippen LogP contribution in [-0.4, -0.2) is 9.55 Å². The largest absolute Gasteiger partial charge is 0.364 e. The summed E-state index contributed by atoms with van der Waals surface area (Å²) in [5.41, 5.74) is 7.97. The lowest BCUT2D eigenvalue weighted by molar-refractivity contribution is 0.723. The van der Waals surface area contributed by atoms with E-state index in [0.29, 0.717) is 6.54 Å². The topological polar surface area (TPSA) is 55.9 Å². The molecule has 17 heavy (non-hydrogen) atoms. The fourth-order valence-electron chi connectivity index (χ4n) is 1.86. The molecular weight excluding hydrogens is 212 g/mol. The van der Waals surface area contributed by atoms with Crippen LogP contribution >= 0.6 is 0 Å². The van der Waals surface area contributed by atoms with Crippen LogP contribution < -0.4 is 11.1 Å². The third-order valence-corrected chi connectivity index (χ3v) is 2.81. The highest BCUT2D eigenvalue weighted by Gasteiger charge is 2.03. The molecule has 2 rings (SSSR count). The van der Waals surface area contributed by atoms with Gasteiger partial charge in [0, 0.05) is 36.7 Å². The normalized spacial score (nSPS) is 10.5. The van der Waals surface area contributed by atoms with Gasteiger partial charge in [0.25, 0.3) is 0 Å². The van der Waals surface area contributed by atoms with E-state index in [-0.39, 0.29) is 0 Å². The molecule has 0 radical (unpaired) electrons. The molecule has 0 aliphatic carbocycles. The molecule has 4 nitrogen and oxygen atoms in total. The van der Waals surface area contributed by atoms with Gasteiger partial charge in [-0.25, -0.2) is 4.98 Å². The van der Waals surface area contributed by atoms with Crippen LogP contribution in [0.25, 0.3) is 0 Å². The van der Waals surface area contributed by atoms with Crippen molar-refractivity contribution in [1.29, 1.82) is 0 Å². The van der Waals surface area contributed by atoms with Gasteiger partial charge in [0.1, 0.15) is 5.82 Å². The highest BCUT2D eigenvalue weighted by Crippen LogP contribution is 2.12. The summed E-state index contributed by atoms with van der Waals surface area (Å²) in [5, 5.41) is 3.33. The first-order valence-corrected chi connectivity index (χ1v) is 5.87. The molecule has 0 atom stereocenters. The number of aromatic nitrogens is 2. The monoisotopic (exact) mass is 230 g/mol. The number of nitrogens with two attached hydrogens (primary N) is 1. The Morgan fingerprint density at radius 3 is 3.00 bits per heavy atom. The molecule has 0 fully saturated rings. The fraction of sp³-hybridized carbons (Fsp3) is 0.308. The quantitative estimate of drug-likeness (QED) is 0.825. The number of nitrogens with one attached hydrogen (secondary N) is 1. The van der Waals surface area contributed by atoms with Gasteiger partial charge in [0.05, 0.1) is 6.54 Å². The van der Waals surface area contributed by atoms with Crippen LogP contribution in [0.2, 0.25) is 0 Å². The first kappa shape index (κ1) is 11.7. The zero-order valence-electron chi connectivity index (χ0n) is 10.1. The smallest absolute Gasteiger partial charge is 0.130 e. The zero-order valence-corrected chi connectivity index (χ0v) is 10.1. The van der Waals surface area contributed by atoms with Crippen molar-refractivity contribution in [3.63, 3.8) is 0 Å². The Kier molecular flexibility index (Phi) is 3.77. The average Bonchev–Trinajstić information content (AvgIpc) is 2.84. The van der Waals surface area contributed by atoms with Gasteiger partial charge >= 0.3 is 0 Å². The number of pyridine rings is 1. The summed E-state index contributed by atoms with van der Waals surface area (Å²) in [4.78, 5) is 4.30. The summed E-state index contributed by atoms with van der Waals surface area (Å²) in [6.45, 7) is 4.39. The van der Waals surface area contributed by atoms with Crippen molar-refractivity contribution in [2.24, 2.45) is 5.73 Å². The molecule has 0 aromatic carbocycles. The van der Waals surface area contributed by atoms with Gasteiger partial charge < -0.3 is 15.6 Å². The summed E-state index contributed by atoms with van der Waals surface area (Å²) in [5.74, 6) is 0.874. The number of anilines is 1. The molecule has 0 saturated heterocycles. The van der Waals surface area contributed by atoms with Crippen molar-refractivity contribution in [3.8, 4) is 0 Å². The highest BCUT2D eigenvalue weighted by atomic mass is 15.0. The summed E-state index contributed by atoms with van der Waals surface area (Å²) >= 11 is 0. The molecule has 0 aliphatic heterocycles. The van der Waals surface area contributed by atoms with E-state index in [1.54, 1.807) is 6.20 Å². The van der Waals surface area contributed by atoms with Gasteiger partial charge in [-0.1, -0.05) is 6.07 Å². The Bertz CT molecular complexity index is 476. The molecule has 0 saturated carbocycles. The van der Waals surface area contributed by atoms with E-state index < -0.39 is 0 Å². The number of nitrogens with zero attached hydrogens (tertiary/aromatic N) is 2. The van der Waals surface area contributed by atoms with Crippen molar-refractivity contribution in [2.75, 3.05) is 5.32 Å². The molecule has 0 amide bonds. The van der Waals surface area contributed by atoms with Crippen LogP contribution in [0.3, 0.4) is 0 Å². The maximum Gasteiger partial charge on any atom is 0.130 e. The summed E-state index contributed by atoms with van der Waals surface area (Å²) in [7, 11) is 0. The van der Waals surface area contributed by atoms with Crippen molar-refractivity contribution in [2.45, 2.75) is 26.6 Å². The van der Waals surface area contributed by atoms with Crippen molar-refractivity contribution in [3.05, 3.63) is 47.9 Å². The van der Waals surface area contributed by atoms with E-state index in [9.17, 15) is 0 Å². The maximum absolute atomic E-state index is 5.67. The highest BCUT2D eigenvalue weighted by molar-refractivity contribution is 5.43. The average molecular weight is 230 g/mol. The Balaban J connectivity index is 2.07. The molecule has 0 aliphatic rings. The second-order valence-corrected chi connectivity index (χ2v) is 3.85. The molecule has 2 aromatic rings. The molecule has 2 heterocycles. The number of rotatable bonds is 5. The van der Waals surface area contributed by atoms with Crippen molar-refractivity contribution < 1.29 is 0 Å². The predicted molar refractivity (Wildman–Crippen MR) is 69.6 cm³/mol. The maximum atomic E-state index is 5.67. The number of aryl methyl sites for hydroxylation is 1. The summed E-state index contributed by atoms with van der Waals surface area (Å²) in [6.07, 6.45) is 3.86. The van der Waals surface area contributed by atoms with Gasteiger partial charge in [-0.15, -0.1) is 0 Å². The number of hydrogen-bond donors (Lipinski definition) is 2. The minimum atomic E-state index is 0.505. The lowest BCUT2D eigenvalue weighted by Gasteiger charge is -2.11. The van der Waals surface area contributed by atoms with E-state index in [4.69, 9.17) is 5.73 Å². The Labute approximate surface area is 101 Å². The number of hydrogen-bond acceptors (Lipinski definition) is 3. The van der Waals surface area contributed by atoms with Gasteiger partial charge in [0.15, 0.2) is 0 Å². The van der Waals surface area contributed by atoms with Crippen LogP contribution in [0.4, 0.5) is 5.82 Å².